The van der Waals surface area contributed by atoms with Gasteiger partial charge in [0.2, 0.25) is 0 Å². The van der Waals surface area contributed by atoms with Gasteiger partial charge < -0.3 is 0 Å². The highest BCUT2D eigenvalue weighted by molar-refractivity contribution is 9.08. The van der Waals surface area contributed by atoms with Crippen molar-refractivity contribution in [3.05, 3.63) is 0 Å². The van der Waals surface area contributed by atoms with Crippen molar-refractivity contribution in [2.75, 3.05) is 6.61 Å². The maximum Gasteiger partial charge on any atom is 0.498 e. The molecule has 1 heterocycles. The molecule has 144 valence electrons. The molecule has 0 aromatic carbocycles. The van der Waals surface area contributed by atoms with Gasteiger partial charge in [0.05, 0.1) is 28.8 Å². The lowest BCUT2D eigenvalue weighted by Crippen LogP contribution is -1.96. The predicted octanol–water partition coefficient (Wildman–Crippen LogP) is 8.50. The fourth-order valence-electron chi connectivity index (χ4n) is 2.64. The zero-order chi connectivity index (χ0) is 17.3. The van der Waals surface area contributed by atoms with Crippen LogP contribution in [0.25, 0.3) is 0 Å². The zero-order valence-corrected chi connectivity index (χ0v) is 18.3. The first-order chi connectivity index (χ1) is 11.8. The second-order valence-corrected chi connectivity index (χ2v) is 11.4. The summed E-state index contributed by atoms with van der Waals surface area (Å²) in [4.78, 5) is 0. The van der Waals surface area contributed by atoms with Gasteiger partial charge in [-0.2, -0.15) is 0 Å². The van der Waals surface area contributed by atoms with Crippen molar-refractivity contribution in [1.82, 2.24) is 0 Å². The van der Waals surface area contributed by atoms with Crippen LogP contribution in [0.1, 0.15) is 96.8 Å². The smallest absolute Gasteiger partial charge is 0.286 e. The Morgan fingerprint density at radius 3 is 1.58 bits per heavy atom. The van der Waals surface area contributed by atoms with E-state index in [0.717, 1.165) is 35.0 Å². The molecule has 0 aliphatic carbocycles. The second kappa shape index (κ2) is 16.3. The van der Waals surface area contributed by atoms with Crippen molar-refractivity contribution >= 4 is 39.8 Å². The third-order valence-corrected chi connectivity index (χ3v) is 9.03. The first-order valence-corrected chi connectivity index (χ1v) is 14.2. The average Bonchev–Trinajstić information content (AvgIpc) is 2.59. The molecular formula is C16H33O4PS3. The summed E-state index contributed by atoms with van der Waals surface area (Å²) < 4.78 is 27.0. The largest absolute Gasteiger partial charge is 0.498 e. The molecule has 0 unspecified atom stereocenters. The normalized spacial score (nSPS) is 17.2. The SMILES string of the molecule is CCCCCCCCCCCCCCCCOP1(=O)OSSSO1. The zero-order valence-electron chi connectivity index (χ0n) is 14.9. The molecule has 1 aliphatic heterocycles. The number of phosphoric acid groups is 1. The maximum atomic E-state index is 11.8. The number of unbranched alkanes of at least 4 members (excludes halogenated alkanes) is 13. The standard InChI is InChI=1S/C16H33O4PS3/c1-2-3-4-5-6-7-8-9-10-11-12-13-14-15-16-18-21(17)19-22-24-23-20-21/h2-16H2,1H3. The summed E-state index contributed by atoms with van der Waals surface area (Å²) in [5.41, 5.74) is 0. The molecular weight excluding hydrogens is 383 g/mol. The van der Waals surface area contributed by atoms with Crippen molar-refractivity contribution < 1.29 is 17.0 Å². The van der Waals surface area contributed by atoms with Gasteiger partial charge in [-0.15, -0.1) is 0 Å². The van der Waals surface area contributed by atoms with Crippen LogP contribution in [0.4, 0.5) is 0 Å². The Balaban J connectivity index is 1.74. The molecule has 0 amide bonds. The fourth-order valence-corrected chi connectivity index (χ4v) is 7.88. The monoisotopic (exact) mass is 416 g/mol. The van der Waals surface area contributed by atoms with Gasteiger partial charge in [0.25, 0.3) is 0 Å². The van der Waals surface area contributed by atoms with Crippen molar-refractivity contribution in [1.29, 1.82) is 0 Å². The Labute approximate surface area is 160 Å². The Morgan fingerprint density at radius 1 is 0.708 bits per heavy atom. The predicted molar refractivity (Wildman–Crippen MR) is 109 cm³/mol. The van der Waals surface area contributed by atoms with Crippen LogP contribution >= 0.6 is 39.8 Å². The first kappa shape index (κ1) is 23.2. The van der Waals surface area contributed by atoms with Crippen LogP contribution < -0.4 is 0 Å². The molecule has 0 aromatic rings. The lowest BCUT2D eigenvalue weighted by molar-refractivity contribution is 0.222. The van der Waals surface area contributed by atoms with E-state index in [9.17, 15) is 4.57 Å². The summed E-state index contributed by atoms with van der Waals surface area (Å²) >= 11 is 2.11. The molecule has 1 fully saturated rings. The van der Waals surface area contributed by atoms with Crippen LogP contribution in [0, 0.1) is 0 Å². The lowest BCUT2D eigenvalue weighted by Gasteiger charge is -2.18. The number of rotatable bonds is 16. The number of hydrogen-bond acceptors (Lipinski definition) is 7. The molecule has 4 nitrogen and oxygen atoms in total. The Bertz CT molecular complexity index is 324. The summed E-state index contributed by atoms with van der Waals surface area (Å²) in [6.07, 6.45) is 18.5. The topological polar surface area (TPSA) is 44.8 Å². The van der Waals surface area contributed by atoms with Crippen LogP contribution in [0.3, 0.4) is 0 Å². The fraction of sp³-hybridized carbons (Fsp3) is 1.00. The summed E-state index contributed by atoms with van der Waals surface area (Å²) in [6, 6.07) is 0. The van der Waals surface area contributed by atoms with Gasteiger partial charge in [-0.1, -0.05) is 90.4 Å². The molecule has 0 bridgehead atoms. The van der Waals surface area contributed by atoms with E-state index in [4.69, 9.17) is 12.5 Å². The van der Waals surface area contributed by atoms with Gasteiger partial charge >= 0.3 is 7.82 Å². The van der Waals surface area contributed by atoms with Gasteiger partial charge in [-0.3, -0.25) is 4.52 Å². The van der Waals surface area contributed by atoms with E-state index in [2.05, 4.69) is 6.92 Å². The molecule has 0 N–H and O–H groups in total. The van der Waals surface area contributed by atoms with Crippen molar-refractivity contribution in [2.24, 2.45) is 0 Å². The molecule has 0 aromatic heterocycles. The number of hydrogen-bond donors (Lipinski definition) is 0. The Kier molecular flexibility index (Phi) is 15.8. The van der Waals surface area contributed by atoms with Crippen LogP contribution in [0.5, 0.6) is 0 Å². The van der Waals surface area contributed by atoms with Gasteiger partial charge in [0.1, 0.15) is 0 Å². The molecule has 1 saturated heterocycles. The summed E-state index contributed by atoms with van der Waals surface area (Å²) in [7, 11) is -2.00. The molecule has 0 spiro atoms. The van der Waals surface area contributed by atoms with Gasteiger partial charge in [0, 0.05) is 9.83 Å². The van der Waals surface area contributed by atoms with Crippen molar-refractivity contribution in [3.63, 3.8) is 0 Å². The third-order valence-electron chi connectivity index (χ3n) is 4.05. The minimum atomic E-state index is -3.29. The van der Waals surface area contributed by atoms with Gasteiger partial charge in [0.15, 0.2) is 0 Å². The van der Waals surface area contributed by atoms with Crippen molar-refractivity contribution in [2.45, 2.75) is 96.8 Å². The molecule has 8 heteroatoms. The van der Waals surface area contributed by atoms with E-state index in [1.807, 2.05) is 0 Å². The molecule has 0 atom stereocenters. The molecule has 1 aliphatic rings. The van der Waals surface area contributed by atoms with E-state index in [-0.39, 0.29) is 0 Å². The highest BCUT2D eigenvalue weighted by atomic mass is 33.5. The van der Waals surface area contributed by atoms with E-state index < -0.39 is 7.82 Å². The van der Waals surface area contributed by atoms with Crippen LogP contribution in [-0.4, -0.2) is 6.61 Å². The minimum absolute atomic E-state index is 0.446. The quantitative estimate of drug-likeness (QED) is 0.108. The van der Waals surface area contributed by atoms with E-state index in [0.29, 0.717) is 6.61 Å². The minimum Gasteiger partial charge on any atom is -0.286 e. The summed E-state index contributed by atoms with van der Waals surface area (Å²) in [5.74, 6) is 0. The Morgan fingerprint density at radius 2 is 1.12 bits per heavy atom. The van der Waals surface area contributed by atoms with Gasteiger partial charge in [-0.25, -0.2) is 12.5 Å². The molecule has 24 heavy (non-hydrogen) atoms. The van der Waals surface area contributed by atoms with E-state index >= 15 is 0 Å². The maximum absolute atomic E-state index is 11.8. The van der Waals surface area contributed by atoms with Crippen LogP contribution in [0.2, 0.25) is 0 Å². The second-order valence-electron chi connectivity index (χ2n) is 6.23. The first-order valence-electron chi connectivity index (χ1n) is 9.39. The van der Waals surface area contributed by atoms with Crippen LogP contribution in [0.15, 0.2) is 0 Å². The molecule has 0 radical (unpaired) electrons. The highest BCUT2D eigenvalue weighted by Gasteiger charge is 2.32. The summed E-state index contributed by atoms with van der Waals surface area (Å²) in [5, 5.41) is 0. The molecule has 0 saturated carbocycles. The van der Waals surface area contributed by atoms with Gasteiger partial charge in [-0.05, 0) is 6.42 Å². The van der Waals surface area contributed by atoms with Crippen molar-refractivity contribution in [3.8, 4) is 0 Å². The lowest BCUT2D eigenvalue weighted by atomic mass is 10.0. The molecule has 1 rings (SSSR count). The third kappa shape index (κ3) is 13.4. The van der Waals surface area contributed by atoms with E-state index in [1.54, 1.807) is 0 Å². The highest BCUT2D eigenvalue weighted by Crippen LogP contribution is 2.65. The summed E-state index contributed by atoms with van der Waals surface area (Å²) in [6.45, 7) is 2.72. The average molecular weight is 417 g/mol. The van der Waals surface area contributed by atoms with Crippen LogP contribution in [-0.2, 0) is 17.0 Å². The van der Waals surface area contributed by atoms with E-state index in [1.165, 1.54) is 86.9 Å². The Hall–Kier alpha value is 1.16.